The molecule has 1 aromatic carbocycles. The standard InChI is InChI=1S/C27H31N7O3S/c35-24-4-2-1-3-21(24)31-27-32-22-6-5-19(14-25(22)38-27)37-20-7-8-28-23(13-20)18-15-30-34(16-18)12-11-33-10-9-29-26(36)17-33/h5-8,13-16,21,24,35H,1-4,9-12,17H2,(H,29,36)(H,31,32)/t21-,24-/m1/s1. The van der Waals surface area contributed by atoms with Gasteiger partial charge in [0.1, 0.15) is 11.5 Å². The van der Waals surface area contributed by atoms with Crippen LogP contribution in [0.1, 0.15) is 25.7 Å². The van der Waals surface area contributed by atoms with Crippen molar-refractivity contribution in [1.82, 2.24) is 30.0 Å². The van der Waals surface area contributed by atoms with Gasteiger partial charge in [-0.05, 0) is 31.0 Å². The highest BCUT2D eigenvalue weighted by Gasteiger charge is 2.23. The maximum absolute atomic E-state index is 11.6. The lowest BCUT2D eigenvalue weighted by Crippen LogP contribution is -2.48. The highest BCUT2D eigenvalue weighted by Crippen LogP contribution is 2.33. The van der Waals surface area contributed by atoms with Gasteiger partial charge in [-0.3, -0.25) is 19.4 Å². The first kappa shape index (κ1) is 24.8. The van der Waals surface area contributed by atoms with Gasteiger partial charge in [-0.15, -0.1) is 0 Å². The van der Waals surface area contributed by atoms with Gasteiger partial charge in [-0.2, -0.15) is 5.10 Å². The van der Waals surface area contributed by atoms with Gasteiger partial charge >= 0.3 is 0 Å². The van der Waals surface area contributed by atoms with E-state index < -0.39 is 0 Å². The number of aliphatic hydroxyl groups is 1. The van der Waals surface area contributed by atoms with Gasteiger partial charge in [-0.1, -0.05) is 24.2 Å². The SMILES string of the molecule is O=C1CN(CCn2cc(-c3cc(Oc4ccc5nc(N[C@@H]6CCCC[C@H]6O)sc5c4)ccn3)cn2)CCN1. The number of nitrogens with one attached hydrogen (secondary N) is 2. The average molecular weight is 534 g/mol. The van der Waals surface area contributed by atoms with Gasteiger partial charge in [0, 0.05) is 49.7 Å². The van der Waals surface area contributed by atoms with E-state index in [1.165, 1.54) is 0 Å². The summed E-state index contributed by atoms with van der Waals surface area (Å²) in [6.45, 7) is 3.45. The van der Waals surface area contributed by atoms with E-state index in [9.17, 15) is 9.90 Å². The molecule has 3 N–H and O–H groups in total. The summed E-state index contributed by atoms with van der Waals surface area (Å²) in [7, 11) is 0. The molecule has 0 unspecified atom stereocenters. The van der Waals surface area contributed by atoms with E-state index >= 15 is 0 Å². The number of ether oxygens (including phenoxy) is 1. The lowest BCUT2D eigenvalue weighted by atomic mass is 9.93. The van der Waals surface area contributed by atoms with Crippen molar-refractivity contribution in [2.75, 3.05) is 31.5 Å². The Morgan fingerprint density at radius 2 is 2.05 bits per heavy atom. The van der Waals surface area contributed by atoms with E-state index in [0.29, 0.717) is 25.4 Å². The monoisotopic (exact) mass is 533 g/mol. The minimum atomic E-state index is -0.319. The zero-order chi connectivity index (χ0) is 25.9. The summed E-state index contributed by atoms with van der Waals surface area (Å²) in [5.41, 5.74) is 2.59. The molecule has 1 aliphatic carbocycles. The molecular weight excluding hydrogens is 502 g/mol. The third kappa shape index (κ3) is 5.79. The zero-order valence-corrected chi connectivity index (χ0v) is 21.9. The number of thiazole rings is 1. The molecule has 0 radical (unpaired) electrons. The number of hydrogen-bond donors (Lipinski definition) is 3. The molecule has 0 bridgehead atoms. The number of carbonyl (C=O) groups excluding carboxylic acids is 1. The zero-order valence-electron chi connectivity index (χ0n) is 21.0. The number of carbonyl (C=O) groups is 1. The number of hydrogen-bond acceptors (Lipinski definition) is 9. The molecular formula is C27H31N7O3S. The van der Waals surface area contributed by atoms with Gasteiger partial charge in [-0.25, -0.2) is 4.98 Å². The maximum atomic E-state index is 11.6. The van der Waals surface area contributed by atoms with Crippen molar-refractivity contribution in [3.63, 3.8) is 0 Å². The number of amides is 1. The molecule has 3 aromatic heterocycles. The first-order chi connectivity index (χ1) is 18.6. The number of piperazine rings is 1. The molecule has 10 nitrogen and oxygen atoms in total. The van der Waals surface area contributed by atoms with Gasteiger partial charge in [0.15, 0.2) is 5.13 Å². The smallest absolute Gasteiger partial charge is 0.234 e. The summed E-state index contributed by atoms with van der Waals surface area (Å²) < 4.78 is 9.08. The van der Waals surface area contributed by atoms with E-state index in [-0.39, 0.29) is 18.1 Å². The number of anilines is 1. The molecule has 2 aliphatic rings. The summed E-state index contributed by atoms with van der Waals surface area (Å²) in [6.07, 6.45) is 9.20. The van der Waals surface area contributed by atoms with Gasteiger partial charge in [0.25, 0.3) is 0 Å². The Kier molecular flexibility index (Phi) is 7.21. The lowest BCUT2D eigenvalue weighted by molar-refractivity contribution is -0.124. The number of rotatable bonds is 8. The molecule has 4 aromatic rings. The molecule has 2 fully saturated rings. The fourth-order valence-electron chi connectivity index (χ4n) is 4.98. The van der Waals surface area contributed by atoms with Gasteiger partial charge in [0.05, 0.1) is 47.3 Å². The number of pyridine rings is 1. The highest BCUT2D eigenvalue weighted by atomic mass is 32.1. The fraction of sp³-hybridized carbons (Fsp3) is 0.407. The molecule has 4 heterocycles. The minimum absolute atomic E-state index is 0.0610. The molecule has 1 saturated carbocycles. The van der Waals surface area contributed by atoms with Crippen LogP contribution in [-0.4, -0.2) is 74.0 Å². The summed E-state index contributed by atoms with van der Waals surface area (Å²) in [4.78, 5) is 22.9. The van der Waals surface area contributed by atoms with Crippen LogP contribution in [0.3, 0.4) is 0 Å². The van der Waals surface area contributed by atoms with E-state index in [1.807, 2.05) is 41.2 Å². The topological polar surface area (TPSA) is 117 Å². The van der Waals surface area contributed by atoms with E-state index in [4.69, 9.17) is 9.72 Å². The van der Waals surface area contributed by atoms with Crippen molar-refractivity contribution in [2.45, 2.75) is 44.4 Å². The normalized spacial score (nSPS) is 20.4. The predicted octanol–water partition coefficient (Wildman–Crippen LogP) is 3.49. The minimum Gasteiger partial charge on any atom is -0.457 e. The van der Waals surface area contributed by atoms with Crippen LogP contribution in [0, 0.1) is 0 Å². The van der Waals surface area contributed by atoms with Crippen LogP contribution in [0.15, 0.2) is 48.9 Å². The second-order valence-electron chi connectivity index (χ2n) is 9.85. The highest BCUT2D eigenvalue weighted by molar-refractivity contribution is 7.22. The molecule has 198 valence electrons. The van der Waals surface area contributed by atoms with Crippen LogP contribution in [-0.2, 0) is 11.3 Å². The van der Waals surface area contributed by atoms with Crippen LogP contribution in [0.4, 0.5) is 5.13 Å². The first-order valence-corrected chi connectivity index (χ1v) is 13.9. The van der Waals surface area contributed by atoms with Gasteiger partial charge in [0.2, 0.25) is 5.91 Å². The molecule has 11 heteroatoms. The van der Waals surface area contributed by atoms with Crippen LogP contribution in [0.2, 0.25) is 0 Å². The van der Waals surface area contributed by atoms with E-state index in [1.54, 1.807) is 23.7 Å². The number of benzene rings is 1. The van der Waals surface area contributed by atoms with Crippen molar-refractivity contribution in [3.05, 3.63) is 48.9 Å². The van der Waals surface area contributed by atoms with Crippen LogP contribution in [0.5, 0.6) is 11.5 Å². The third-order valence-corrected chi connectivity index (χ3v) is 8.01. The predicted molar refractivity (Wildman–Crippen MR) is 146 cm³/mol. The quantitative estimate of drug-likeness (QED) is 0.315. The Bertz CT molecular complexity index is 1420. The molecule has 38 heavy (non-hydrogen) atoms. The lowest BCUT2D eigenvalue weighted by Gasteiger charge is -2.27. The van der Waals surface area contributed by atoms with Crippen molar-refractivity contribution < 1.29 is 14.6 Å². The maximum Gasteiger partial charge on any atom is 0.234 e. The number of nitrogens with zero attached hydrogens (tertiary/aromatic N) is 5. The number of fused-ring (bicyclic) bond motifs is 1. The molecule has 1 aliphatic heterocycles. The Morgan fingerprint density at radius 1 is 1.16 bits per heavy atom. The third-order valence-electron chi connectivity index (χ3n) is 7.06. The van der Waals surface area contributed by atoms with Crippen LogP contribution < -0.4 is 15.4 Å². The molecule has 2 atom stereocenters. The first-order valence-electron chi connectivity index (χ1n) is 13.1. The fourth-order valence-corrected chi connectivity index (χ4v) is 5.94. The number of aromatic nitrogens is 4. The molecule has 6 rings (SSSR count). The van der Waals surface area contributed by atoms with Crippen LogP contribution >= 0.6 is 11.3 Å². The second-order valence-corrected chi connectivity index (χ2v) is 10.9. The Labute approximate surface area is 224 Å². The summed E-state index contributed by atoms with van der Waals surface area (Å²) in [6, 6.07) is 9.68. The second kappa shape index (κ2) is 11.1. The van der Waals surface area contributed by atoms with Crippen molar-refractivity contribution in [3.8, 4) is 22.8 Å². The summed E-state index contributed by atoms with van der Waals surface area (Å²) in [5.74, 6) is 1.49. The number of aliphatic hydroxyl groups excluding tert-OH is 1. The average Bonchev–Trinajstić information content (AvgIpc) is 3.56. The van der Waals surface area contributed by atoms with Crippen molar-refractivity contribution in [2.24, 2.45) is 0 Å². The van der Waals surface area contributed by atoms with Crippen LogP contribution in [0.25, 0.3) is 21.5 Å². The van der Waals surface area contributed by atoms with Crippen molar-refractivity contribution >= 4 is 32.6 Å². The Hall–Kier alpha value is -3.54. The molecule has 1 saturated heterocycles. The largest absolute Gasteiger partial charge is 0.457 e. The van der Waals surface area contributed by atoms with E-state index in [2.05, 4.69) is 25.6 Å². The molecule has 0 spiro atoms. The van der Waals surface area contributed by atoms with Crippen molar-refractivity contribution in [1.29, 1.82) is 0 Å². The summed E-state index contributed by atoms with van der Waals surface area (Å²) in [5, 5.41) is 21.9. The van der Waals surface area contributed by atoms with Gasteiger partial charge < -0.3 is 20.5 Å². The summed E-state index contributed by atoms with van der Waals surface area (Å²) >= 11 is 1.57. The Morgan fingerprint density at radius 3 is 2.95 bits per heavy atom. The Balaban J connectivity index is 1.10. The molecule has 1 amide bonds. The van der Waals surface area contributed by atoms with E-state index in [0.717, 1.165) is 71.1 Å².